The van der Waals surface area contributed by atoms with E-state index in [4.69, 9.17) is 5.26 Å². The summed E-state index contributed by atoms with van der Waals surface area (Å²) in [7, 11) is 0. The second-order valence-corrected chi connectivity index (χ2v) is 4.48. The van der Waals surface area contributed by atoms with E-state index in [9.17, 15) is 8.78 Å². The van der Waals surface area contributed by atoms with Gasteiger partial charge in [-0.25, -0.2) is 8.78 Å². The minimum absolute atomic E-state index is 0.556. The monoisotopic (exact) mass is 284 g/mol. The van der Waals surface area contributed by atoms with Crippen LogP contribution >= 0.6 is 0 Å². The SMILES string of the molecule is N#CC(CC(F)F)N=C(c1ccccc1)c1ccccc1. The highest BCUT2D eigenvalue weighted by Crippen LogP contribution is 2.15. The molecule has 0 spiro atoms. The predicted octanol–water partition coefficient (Wildman–Crippen LogP) is 4.07. The molecule has 4 heteroatoms. The van der Waals surface area contributed by atoms with Gasteiger partial charge in [0, 0.05) is 17.5 Å². The van der Waals surface area contributed by atoms with Crippen LogP contribution in [0.3, 0.4) is 0 Å². The van der Waals surface area contributed by atoms with Crippen molar-refractivity contribution >= 4 is 5.71 Å². The first-order valence-corrected chi connectivity index (χ1v) is 6.57. The lowest BCUT2D eigenvalue weighted by Gasteiger charge is -2.10. The Kier molecular flexibility index (Phi) is 5.16. The van der Waals surface area contributed by atoms with E-state index in [1.54, 1.807) is 0 Å². The van der Waals surface area contributed by atoms with E-state index in [1.165, 1.54) is 0 Å². The third-order valence-corrected chi connectivity index (χ3v) is 2.93. The highest BCUT2D eigenvalue weighted by Gasteiger charge is 2.16. The zero-order valence-corrected chi connectivity index (χ0v) is 11.3. The Morgan fingerprint density at radius 2 is 1.43 bits per heavy atom. The first-order valence-electron chi connectivity index (χ1n) is 6.57. The number of rotatable bonds is 5. The van der Waals surface area contributed by atoms with Gasteiger partial charge in [0.15, 0.2) is 0 Å². The minimum atomic E-state index is -2.55. The molecule has 0 saturated carbocycles. The first-order chi connectivity index (χ1) is 10.2. The molecule has 2 aromatic carbocycles. The molecule has 0 N–H and O–H groups in total. The molecule has 0 bridgehead atoms. The van der Waals surface area contributed by atoms with Gasteiger partial charge in [0.2, 0.25) is 6.43 Å². The number of nitriles is 1. The molecule has 0 radical (unpaired) electrons. The van der Waals surface area contributed by atoms with Crippen molar-refractivity contribution in [3.05, 3.63) is 71.8 Å². The van der Waals surface area contributed by atoms with Crippen LogP contribution in [0.2, 0.25) is 0 Å². The van der Waals surface area contributed by atoms with Gasteiger partial charge in [-0.05, 0) is 0 Å². The third kappa shape index (κ3) is 4.22. The summed E-state index contributed by atoms with van der Waals surface area (Å²) in [6.07, 6.45) is -3.11. The summed E-state index contributed by atoms with van der Waals surface area (Å²) in [5.74, 6) is 0. The summed E-state index contributed by atoms with van der Waals surface area (Å²) in [5.41, 5.74) is 2.17. The molecule has 2 aromatic rings. The normalized spacial score (nSPS) is 11.7. The Balaban J connectivity index is 2.44. The lowest BCUT2D eigenvalue weighted by Crippen LogP contribution is -2.13. The Morgan fingerprint density at radius 1 is 0.952 bits per heavy atom. The Bertz CT molecular complexity index is 589. The fraction of sp³-hybridized carbons (Fsp3) is 0.176. The van der Waals surface area contributed by atoms with E-state index < -0.39 is 18.9 Å². The zero-order chi connectivity index (χ0) is 15.1. The fourth-order valence-electron chi connectivity index (χ4n) is 1.97. The third-order valence-electron chi connectivity index (χ3n) is 2.93. The zero-order valence-electron chi connectivity index (χ0n) is 11.3. The van der Waals surface area contributed by atoms with Gasteiger partial charge < -0.3 is 0 Å². The molecule has 0 aliphatic carbocycles. The average molecular weight is 284 g/mol. The molecular formula is C17H14F2N2. The molecule has 0 aromatic heterocycles. The highest BCUT2D eigenvalue weighted by atomic mass is 19.3. The average Bonchev–Trinajstić information content (AvgIpc) is 2.52. The van der Waals surface area contributed by atoms with E-state index in [0.717, 1.165) is 11.1 Å². The van der Waals surface area contributed by atoms with E-state index in [2.05, 4.69) is 4.99 Å². The van der Waals surface area contributed by atoms with E-state index in [0.29, 0.717) is 5.71 Å². The van der Waals surface area contributed by atoms with Gasteiger partial charge in [0.05, 0.1) is 11.8 Å². The second-order valence-electron chi connectivity index (χ2n) is 4.48. The number of nitrogens with zero attached hydrogens (tertiary/aromatic N) is 2. The lowest BCUT2D eigenvalue weighted by molar-refractivity contribution is 0.134. The largest absolute Gasteiger partial charge is 0.265 e. The molecule has 1 atom stereocenters. The lowest BCUT2D eigenvalue weighted by atomic mass is 10.0. The molecule has 2 rings (SSSR count). The van der Waals surface area contributed by atoms with Crippen molar-refractivity contribution in [3.8, 4) is 6.07 Å². The van der Waals surface area contributed by atoms with Crippen LogP contribution in [0.25, 0.3) is 0 Å². The smallest absolute Gasteiger partial charge is 0.241 e. The molecule has 0 aliphatic rings. The maximum absolute atomic E-state index is 12.5. The van der Waals surface area contributed by atoms with Crippen LogP contribution in [0, 0.1) is 11.3 Å². The molecular weight excluding hydrogens is 270 g/mol. The van der Waals surface area contributed by atoms with Gasteiger partial charge in [0.25, 0.3) is 0 Å². The van der Waals surface area contributed by atoms with Crippen molar-refractivity contribution in [2.45, 2.75) is 18.9 Å². The van der Waals surface area contributed by atoms with Gasteiger partial charge in [-0.15, -0.1) is 0 Å². The minimum Gasteiger partial charge on any atom is -0.265 e. The number of benzene rings is 2. The standard InChI is InChI=1S/C17H14F2N2/c18-16(19)11-15(12-20)21-17(13-7-3-1-4-8-13)14-9-5-2-6-10-14/h1-10,15-16H,11H2. The van der Waals surface area contributed by atoms with Gasteiger partial charge in [-0.1, -0.05) is 60.7 Å². The van der Waals surface area contributed by atoms with Crippen LogP contribution in [0.15, 0.2) is 65.7 Å². The van der Waals surface area contributed by atoms with Gasteiger partial charge in [0.1, 0.15) is 6.04 Å². The summed E-state index contributed by atoms with van der Waals surface area (Å²) in [6.45, 7) is 0. The summed E-state index contributed by atoms with van der Waals surface area (Å²) in [5, 5.41) is 9.03. The van der Waals surface area contributed by atoms with Crippen LogP contribution < -0.4 is 0 Å². The van der Waals surface area contributed by atoms with Crippen molar-refractivity contribution in [2.24, 2.45) is 4.99 Å². The summed E-state index contributed by atoms with van der Waals surface area (Å²) in [6, 6.07) is 19.3. The van der Waals surface area contributed by atoms with Crippen LogP contribution in [-0.4, -0.2) is 18.2 Å². The molecule has 0 saturated heterocycles. The highest BCUT2D eigenvalue weighted by molar-refractivity contribution is 6.13. The second kappa shape index (κ2) is 7.30. The molecule has 0 aliphatic heterocycles. The van der Waals surface area contributed by atoms with E-state index in [1.807, 2.05) is 66.7 Å². The quantitative estimate of drug-likeness (QED) is 0.762. The molecule has 21 heavy (non-hydrogen) atoms. The van der Waals surface area contributed by atoms with Gasteiger partial charge >= 0.3 is 0 Å². The number of alkyl halides is 2. The maximum atomic E-state index is 12.5. The molecule has 0 fully saturated rings. The molecule has 2 nitrogen and oxygen atoms in total. The number of aliphatic imine (C=N–C) groups is 1. The van der Waals surface area contributed by atoms with Crippen LogP contribution in [0.4, 0.5) is 8.78 Å². The van der Waals surface area contributed by atoms with Crippen molar-refractivity contribution in [1.29, 1.82) is 5.26 Å². The summed E-state index contributed by atoms with van der Waals surface area (Å²) >= 11 is 0. The molecule has 1 unspecified atom stereocenters. The van der Waals surface area contributed by atoms with Crippen molar-refractivity contribution in [1.82, 2.24) is 0 Å². The molecule has 0 amide bonds. The predicted molar refractivity (Wildman–Crippen MR) is 78.5 cm³/mol. The van der Waals surface area contributed by atoms with Crippen LogP contribution in [-0.2, 0) is 0 Å². The Morgan fingerprint density at radius 3 is 1.81 bits per heavy atom. The summed E-state index contributed by atoms with van der Waals surface area (Å²) in [4.78, 5) is 4.25. The molecule has 0 heterocycles. The van der Waals surface area contributed by atoms with Crippen molar-refractivity contribution in [3.63, 3.8) is 0 Å². The maximum Gasteiger partial charge on any atom is 0.241 e. The first kappa shape index (κ1) is 14.9. The number of hydrogen-bond acceptors (Lipinski definition) is 2. The Labute approximate surface area is 122 Å². The van der Waals surface area contributed by atoms with Crippen molar-refractivity contribution < 1.29 is 8.78 Å². The Hall–Kier alpha value is -2.54. The van der Waals surface area contributed by atoms with Crippen LogP contribution in [0.5, 0.6) is 0 Å². The fourth-order valence-corrected chi connectivity index (χ4v) is 1.97. The van der Waals surface area contributed by atoms with Crippen molar-refractivity contribution in [2.75, 3.05) is 0 Å². The number of halogens is 2. The van der Waals surface area contributed by atoms with Crippen LogP contribution in [0.1, 0.15) is 17.5 Å². The topological polar surface area (TPSA) is 36.1 Å². The number of hydrogen-bond donors (Lipinski definition) is 0. The van der Waals surface area contributed by atoms with E-state index in [-0.39, 0.29) is 0 Å². The molecule has 106 valence electrons. The van der Waals surface area contributed by atoms with Gasteiger partial charge in [-0.2, -0.15) is 5.26 Å². The van der Waals surface area contributed by atoms with Gasteiger partial charge in [-0.3, -0.25) is 4.99 Å². The van der Waals surface area contributed by atoms with E-state index >= 15 is 0 Å². The summed E-state index contributed by atoms with van der Waals surface area (Å²) < 4.78 is 25.0.